The number of carbonyl (C=O) groups excluding carboxylic acids is 1. The van der Waals surface area contributed by atoms with Crippen molar-refractivity contribution < 1.29 is 9.53 Å². The van der Waals surface area contributed by atoms with Crippen LogP contribution in [-0.4, -0.2) is 13.4 Å². The van der Waals surface area contributed by atoms with Crippen molar-refractivity contribution in [2.75, 3.05) is 7.11 Å². The molecule has 0 saturated carbocycles. The molecule has 0 fully saturated rings. The fraction of sp³-hybridized carbons (Fsp3) is 0.308. The van der Waals surface area contributed by atoms with Crippen LogP contribution in [0.4, 0.5) is 0 Å². The number of fused-ring (bicyclic) bond motifs is 1. The lowest BCUT2D eigenvalue weighted by molar-refractivity contribution is 0.112. The summed E-state index contributed by atoms with van der Waals surface area (Å²) in [6, 6.07) is 5.96. The van der Waals surface area contributed by atoms with E-state index in [2.05, 4.69) is 13.8 Å². The first kappa shape index (κ1) is 11.1. The second-order valence-corrected chi connectivity index (χ2v) is 5.10. The Balaban J connectivity index is 2.72. The number of aldehydes is 1. The van der Waals surface area contributed by atoms with Crippen molar-refractivity contribution in [1.82, 2.24) is 0 Å². The van der Waals surface area contributed by atoms with Crippen molar-refractivity contribution in [2.24, 2.45) is 0 Å². The Bertz CT molecular complexity index is 526. The molecule has 2 rings (SSSR count). The number of hydrogen-bond donors (Lipinski definition) is 0. The van der Waals surface area contributed by atoms with Crippen LogP contribution in [0, 0.1) is 0 Å². The summed E-state index contributed by atoms with van der Waals surface area (Å²) in [4.78, 5) is 11.9. The summed E-state index contributed by atoms with van der Waals surface area (Å²) < 4.78 is 6.30. The van der Waals surface area contributed by atoms with E-state index in [-0.39, 0.29) is 0 Å². The zero-order valence-electron chi connectivity index (χ0n) is 9.61. The molecule has 0 aliphatic rings. The molecule has 0 atom stereocenters. The van der Waals surface area contributed by atoms with Gasteiger partial charge in [0.15, 0.2) is 6.29 Å². The Morgan fingerprint density at radius 2 is 2.12 bits per heavy atom. The fourth-order valence-electron chi connectivity index (χ4n) is 1.93. The van der Waals surface area contributed by atoms with E-state index in [9.17, 15) is 4.79 Å². The molecule has 0 aliphatic heterocycles. The Labute approximate surface area is 98.9 Å². The third kappa shape index (κ3) is 1.71. The van der Waals surface area contributed by atoms with Gasteiger partial charge in [-0.15, -0.1) is 11.3 Å². The van der Waals surface area contributed by atoms with Gasteiger partial charge in [-0.25, -0.2) is 0 Å². The molecule has 0 radical (unpaired) electrons. The van der Waals surface area contributed by atoms with Crippen LogP contribution in [0.3, 0.4) is 0 Å². The molecular formula is C13H14O2S. The van der Waals surface area contributed by atoms with Crippen LogP contribution in [-0.2, 0) is 0 Å². The van der Waals surface area contributed by atoms with Crippen LogP contribution in [0.5, 0.6) is 5.75 Å². The first-order chi connectivity index (χ1) is 7.67. The minimum absolute atomic E-state index is 0.363. The zero-order chi connectivity index (χ0) is 11.7. The van der Waals surface area contributed by atoms with Crippen molar-refractivity contribution >= 4 is 27.7 Å². The van der Waals surface area contributed by atoms with E-state index in [1.165, 1.54) is 16.7 Å². The van der Waals surface area contributed by atoms with Crippen LogP contribution in [0.15, 0.2) is 18.2 Å². The largest absolute Gasteiger partial charge is 0.497 e. The Morgan fingerprint density at radius 1 is 1.38 bits per heavy atom. The Morgan fingerprint density at radius 3 is 2.69 bits per heavy atom. The summed E-state index contributed by atoms with van der Waals surface area (Å²) in [5.74, 6) is 1.20. The first-order valence-corrected chi connectivity index (χ1v) is 6.04. The summed E-state index contributed by atoms with van der Waals surface area (Å²) in [6.45, 7) is 4.22. The molecule has 0 N–H and O–H groups in total. The lowest BCUT2D eigenvalue weighted by Crippen LogP contribution is -1.90. The SMILES string of the molecule is COc1ccc2c(C(C)C)c(C=O)sc2c1. The van der Waals surface area contributed by atoms with Crippen LogP contribution in [0.2, 0.25) is 0 Å². The Hall–Kier alpha value is -1.35. The highest BCUT2D eigenvalue weighted by atomic mass is 32.1. The van der Waals surface area contributed by atoms with Gasteiger partial charge in [0.05, 0.1) is 12.0 Å². The predicted octanol–water partition coefficient (Wildman–Crippen LogP) is 3.85. The van der Waals surface area contributed by atoms with E-state index < -0.39 is 0 Å². The first-order valence-electron chi connectivity index (χ1n) is 5.23. The van der Waals surface area contributed by atoms with E-state index in [4.69, 9.17) is 4.74 Å². The average molecular weight is 234 g/mol. The van der Waals surface area contributed by atoms with Crippen molar-refractivity contribution in [2.45, 2.75) is 19.8 Å². The molecular weight excluding hydrogens is 220 g/mol. The van der Waals surface area contributed by atoms with E-state index in [0.717, 1.165) is 27.2 Å². The van der Waals surface area contributed by atoms with Gasteiger partial charge in [-0.1, -0.05) is 13.8 Å². The maximum absolute atomic E-state index is 11.0. The monoisotopic (exact) mass is 234 g/mol. The van der Waals surface area contributed by atoms with E-state index in [0.29, 0.717) is 5.92 Å². The summed E-state index contributed by atoms with van der Waals surface area (Å²) in [5.41, 5.74) is 1.15. The van der Waals surface area contributed by atoms with Gasteiger partial charge in [0.1, 0.15) is 5.75 Å². The van der Waals surface area contributed by atoms with Crippen LogP contribution in [0.25, 0.3) is 10.1 Å². The van der Waals surface area contributed by atoms with Gasteiger partial charge in [0.2, 0.25) is 0 Å². The van der Waals surface area contributed by atoms with Crippen molar-refractivity contribution in [1.29, 1.82) is 0 Å². The number of rotatable bonds is 3. The van der Waals surface area contributed by atoms with Crippen LogP contribution < -0.4 is 4.74 Å². The second kappa shape index (κ2) is 4.26. The third-order valence-electron chi connectivity index (χ3n) is 2.65. The van der Waals surface area contributed by atoms with E-state index in [1.54, 1.807) is 7.11 Å². The quantitative estimate of drug-likeness (QED) is 0.754. The highest BCUT2D eigenvalue weighted by Crippen LogP contribution is 2.36. The standard InChI is InChI=1S/C13H14O2S/c1-8(2)13-10-5-4-9(15-3)6-11(10)16-12(13)7-14/h4-8H,1-3H3. The topological polar surface area (TPSA) is 26.3 Å². The number of ether oxygens (including phenoxy) is 1. The molecule has 1 aromatic heterocycles. The molecule has 0 bridgehead atoms. The molecule has 0 spiro atoms. The molecule has 3 heteroatoms. The molecule has 16 heavy (non-hydrogen) atoms. The average Bonchev–Trinajstić information content (AvgIpc) is 2.65. The summed E-state index contributed by atoms with van der Waals surface area (Å²) >= 11 is 1.53. The molecule has 0 unspecified atom stereocenters. The zero-order valence-corrected chi connectivity index (χ0v) is 10.4. The minimum Gasteiger partial charge on any atom is -0.497 e. The van der Waals surface area contributed by atoms with E-state index in [1.807, 2.05) is 18.2 Å². The fourth-order valence-corrected chi connectivity index (χ4v) is 3.13. The molecule has 1 heterocycles. The van der Waals surface area contributed by atoms with Crippen molar-refractivity contribution in [3.05, 3.63) is 28.6 Å². The van der Waals surface area contributed by atoms with E-state index >= 15 is 0 Å². The van der Waals surface area contributed by atoms with Gasteiger partial charge in [0.25, 0.3) is 0 Å². The number of benzene rings is 1. The van der Waals surface area contributed by atoms with Crippen molar-refractivity contribution in [3.8, 4) is 5.75 Å². The van der Waals surface area contributed by atoms with Gasteiger partial charge >= 0.3 is 0 Å². The molecule has 2 aromatic rings. The normalized spacial score (nSPS) is 11.0. The van der Waals surface area contributed by atoms with Gasteiger partial charge < -0.3 is 4.74 Å². The number of thiophene rings is 1. The molecule has 1 aromatic carbocycles. The van der Waals surface area contributed by atoms with Gasteiger partial charge in [-0.2, -0.15) is 0 Å². The molecule has 0 aliphatic carbocycles. The maximum atomic E-state index is 11.0. The second-order valence-electron chi connectivity index (χ2n) is 4.01. The molecule has 0 amide bonds. The van der Waals surface area contributed by atoms with Gasteiger partial charge in [-0.3, -0.25) is 4.79 Å². The number of carbonyl (C=O) groups is 1. The molecule has 0 saturated heterocycles. The van der Waals surface area contributed by atoms with Gasteiger partial charge in [-0.05, 0) is 35.1 Å². The third-order valence-corrected chi connectivity index (χ3v) is 3.74. The summed E-state index contributed by atoms with van der Waals surface area (Å²) in [5, 5.41) is 1.17. The predicted molar refractivity (Wildman–Crippen MR) is 67.9 cm³/mol. The summed E-state index contributed by atoms with van der Waals surface area (Å²) in [7, 11) is 1.65. The highest BCUT2D eigenvalue weighted by molar-refractivity contribution is 7.20. The maximum Gasteiger partial charge on any atom is 0.160 e. The summed E-state index contributed by atoms with van der Waals surface area (Å²) in [6.07, 6.45) is 0.951. The lowest BCUT2D eigenvalue weighted by atomic mass is 10.00. The van der Waals surface area contributed by atoms with Crippen molar-refractivity contribution in [3.63, 3.8) is 0 Å². The number of hydrogen-bond acceptors (Lipinski definition) is 3. The highest BCUT2D eigenvalue weighted by Gasteiger charge is 2.14. The number of methoxy groups -OCH3 is 1. The van der Waals surface area contributed by atoms with Crippen LogP contribution >= 0.6 is 11.3 Å². The molecule has 2 nitrogen and oxygen atoms in total. The minimum atomic E-state index is 0.363. The molecule has 84 valence electrons. The smallest absolute Gasteiger partial charge is 0.160 e. The van der Waals surface area contributed by atoms with Crippen LogP contribution in [0.1, 0.15) is 35.0 Å². The van der Waals surface area contributed by atoms with Gasteiger partial charge in [0, 0.05) is 4.70 Å². The lowest BCUT2D eigenvalue weighted by Gasteiger charge is -2.05. The Kier molecular flexibility index (Phi) is 2.97.